The minimum atomic E-state index is -0.551. The fourth-order valence-electron chi connectivity index (χ4n) is 5.17. The van der Waals surface area contributed by atoms with Crippen LogP contribution < -0.4 is 14.5 Å². The molecule has 40 heavy (non-hydrogen) atoms. The molecule has 1 aromatic heterocycles. The van der Waals surface area contributed by atoms with Crippen LogP contribution in [-0.4, -0.2) is 91.8 Å². The Morgan fingerprint density at radius 3 is 2.40 bits per heavy atom. The van der Waals surface area contributed by atoms with Crippen molar-refractivity contribution in [2.45, 2.75) is 46.3 Å². The third-order valence-corrected chi connectivity index (χ3v) is 7.52. The molecular formula is C30H42FN7O2. The van der Waals surface area contributed by atoms with Crippen LogP contribution in [0, 0.1) is 25.2 Å². The number of carbonyl (C=O) groups is 1. The second-order valence-corrected chi connectivity index (χ2v) is 10.2. The van der Waals surface area contributed by atoms with E-state index < -0.39 is 6.17 Å². The van der Waals surface area contributed by atoms with Crippen LogP contribution in [0.25, 0.3) is 0 Å². The first-order chi connectivity index (χ1) is 19.2. The lowest BCUT2D eigenvalue weighted by atomic mass is 10.0. The molecule has 3 aliphatic rings. The van der Waals surface area contributed by atoms with Gasteiger partial charge in [0, 0.05) is 64.0 Å². The number of ether oxygens (including phenoxy) is 1. The average Bonchev–Trinajstić information content (AvgIpc) is 3.36. The van der Waals surface area contributed by atoms with E-state index in [1.54, 1.807) is 13.2 Å². The Balaban J connectivity index is 0.000000374. The largest absolute Gasteiger partial charge is 0.467 e. The van der Waals surface area contributed by atoms with Gasteiger partial charge in [0.25, 0.3) is 0 Å². The number of piperazine rings is 1. The molecule has 0 radical (unpaired) electrons. The van der Waals surface area contributed by atoms with E-state index in [0.29, 0.717) is 25.6 Å². The number of benzene rings is 1. The number of nitrogens with zero attached hydrogens (tertiary/aromatic N) is 7. The first-order valence-corrected chi connectivity index (χ1v) is 13.8. The highest BCUT2D eigenvalue weighted by atomic mass is 19.1. The van der Waals surface area contributed by atoms with Gasteiger partial charge in [-0.2, -0.15) is 15.2 Å². The van der Waals surface area contributed by atoms with Gasteiger partial charge < -0.3 is 24.3 Å². The van der Waals surface area contributed by atoms with Crippen molar-refractivity contribution in [2.24, 2.45) is 0 Å². The molecule has 4 heterocycles. The quantitative estimate of drug-likeness (QED) is 0.532. The van der Waals surface area contributed by atoms with Crippen LogP contribution in [-0.2, 0) is 17.8 Å². The molecule has 9 nitrogen and oxygen atoms in total. The molecule has 10 heteroatoms. The molecule has 1 unspecified atom stereocenters. The van der Waals surface area contributed by atoms with Gasteiger partial charge in [0.1, 0.15) is 12.0 Å². The monoisotopic (exact) mass is 551 g/mol. The number of alkyl halides is 1. The number of aryl methyl sites for hydroxylation is 1. The summed E-state index contributed by atoms with van der Waals surface area (Å²) >= 11 is 0. The zero-order valence-electron chi connectivity index (χ0n) is 24.5. The van der Waals surface area contributed by atoms with E-state index in [9.17, 15) is 9.18 Å². The molecule has 1 atom stereocenters. The lowest BCUT2D eigenvalue weighted by Crippen LogP contribution is -2.49. The highest BCUT2D eigenvalue weighted by molar-refractivity contribution is 5.87. The molecule has 216 valence electrons. The Hall–Kier alpha value is -3.71. The van der Waals surface area contributed by atoms with Crippen molar-refractivity contribution in [1.29, 1.82) is 5.26 Å². The molecule has 0 N–H and O–H groups in total. The van der Waals surface area contributed by atoms with Crippen LogP contribution in [0.2, 0.25) is 0 Å². The highest BCUT2D eigenvalue weighted by Crippen LogP contribution is 2.33. The molecule has 0 spiro atoms. The lowest BCUT2D eigenvalue weighted by Gasteiger charge is -2.38. The third kappa shape index (κ3) is 7.69. The van der Waals surface area contributed by atoms with E-state index in [4.69, 9.17) is 20.0 Å². The highest BCUT2D eigenvalue weighted by Gasteiger charge is 2.28. The number of rotatable bonds is 4. The normalized spacial score (nSPS) is 18.4. The number of hydrogen-bond donors (Lipinski definition) is 0. The van der Waals surface area contributed by atoms with E-state index >= 15 is 0 Å². The number of amides is 1. The molecular weight excluding hydrogens is 509 g/mol. The summed E-state index contributed by atoms with van der Waals surface area (Å²) in [5.74, 6) is 0.935. The van der Waals surface area contributed by atoms with E-state index in [1.807, 2.05) is 16.8 Å². The van der Waals surface area contributed by atoms with Crippen LogP contribution in [0.5, 0.6) is 6.01 Å². The van der Waals surface area contributed by atoms with Crippen molar-refractivity contribution in [2.75, 3.05) is 69.8 Å². The minimum Gasteiger partial charge on any atom is -0.467 e. The Labute approximate surface area is 237 Å². The van der Waals surface area contributed by atoms with E-state index in [0.717, 1.165) is 57.1 Å². The summed E-state index contributed by atoms with van der Waals surface area (Å²) in [5.41, 5.74) is 6.09. The van der Waals surface area contributed by atoms with Gasteiger partial charge in [0.15, 0.2) is 0 Å². The predicted molar refractivity (Wildman–Crippen MR) is 157 cm³/mol. The number of likely N-dealkylation sites (tertiary alicyclic amines) is 1. The molecule has 1 aromatic carbocycles. The number of halogens is 1. The lowest BCUT2D eigenvalue weighted by molar-refractivity contribution is -0.126. The van der Waals surface area contributed by atoms with Crippen molar-refractivity contribution < 1.29 is 13.9 Å². The summed E-state index contributed by atoms with van der Waals surface area (Å²) in [5, 5.41) is 7.32. The molecule has 1 amide bonds. The number of hydrogen-bond acceptors (Lipinski definition) is 8. The Morgan fingerprint density at radius 1 is 1.15 bits per heavy atom. The number of anilines is 2. The Bertz CT molecular complexity index is 1200. The SMILES string of the molecule is C=CC(=O)N1CCN(c2nc(OC)nc3c2CCN(c2cccc(C)c2C)C3)CC1.CC#N.CN1CCC(F)C1. The van der Waals surface area contributed by atoms with E-state index in [-0.39, 0.29) is 5.91 Å². The van der Waals surface area contributed by atoms with Crippen molar-refractivity contribution in [3.8, 4) is 12.1 Å². The first kappa shape index (κ1) is 30.8. The summed E-state index contributed by atoms with van der Waals surface area (Å²) in [6.45, 7) is 15.4. The van der Waals surface area contributed by atoms with Gasteiger partial charge in [-0.05, 0) is 57.0 Å². The van der Waals surface area contributed by atoms with Crippen LogP contribution in [0.15, 0.2) is 30.9 Å². The van der Waals surface area contributed by atoms with Crippen molar-refractivity contribution in [3.63, 3.8) is 0 Å². The van der Waals surface area contributed by atoms with Crippen molar-refractivity contribution >= 4 is 17.4 Å². The maximum atomic E-state index is 12.1. The van der Waals surface area contributed by atoms with Crippen LogP contribution in [0.4, 0.5) is 15.9 Å². The number of carbonyl (C=O) groups excluding carboxylic acids is 1. The zero-order chi connectivity index (χ0) is 29.2. The van der Waals surface area contributed by atoms with Gasteiger partial charge in [-0.25, -0.2) is 4.39 Å². The summed E-state index contributed by atoms with van der Waals surface area (Å²) in [6.07, 6.45) is 2.45. The predicted octanol–water partition coefficient (Wildman–Crippen LogP) is 3.69. The van der Waals surface area contributed by atoms with Gasteiger partial charge in [0.05, 0.1) is 25.4 Å². The molecule has 2 fully saturated rings. The van der Waals surface area contributed by atoms with Crippen LogP contribution in [0.3, 0.4) is 0 Å². The van der Waals surface area contributed by atoms with E-state index in [2.05, 4.69) is 48.4 Å². The summed E-state index contributed by atoms with van der Waals surface area (Å²) < 4.78 is 17.6. The molecule has 0 bridgehead atoms. The number of nitriles is 1. The van der Waals surface area contributed by atoms with E-state index in [1.165, 1.54) is 35.4 Å². The smallest absolute Gasteiger partial charge is 0.318 e. The maximum Gasteiger partial charge on any atom is 0.318 e. The Kier molecular flexibility index (Phi) is 11.3. The number of aromatic nitrogens is 2. The summed E-state index contributed by atoms with van der Waals surface area (Å²) in [7, 11) is 3.55. The fraction of sp³-hybridized carbons (Fsp3) is 0.533. The first-order valence-electron chi connectivity index (χ1n) is 13.8. The van der Waals surface area contributed by atoms with Gasteiger partial charge in [-0.15, -0.1) is 0 Å². The van der Waals surface area contributed by atoms with Crippen molar-refractivity contribution in [1.82, 2.24) is 19.8 Å². The standard InChI is InChI=1S/C23H29N5O2.C5H10FN.C2H3N/c1-5-21(29)26-11-13-27(14-12-26)22-18-9-10-28(15-19(18)24-23(25-22)30-4)20-8-6-7-16(2)17(20)3;1-7-3-2-5(6)4-7;1-2-3/h5-8H,1,9-15H2,2-4H3;5H,2-4H2,1H3;1H3. The zero-order valence-corrected chi connectivity index (χ0v) is 24.5. The van der Waals surface area contributed by atoms with Crippen molar-refractivity contribution in [3.05, 3.63) is 53.2 Å². The summed E-state index contributed by atoms with van der Waals surface area (Å²) in [4.78, 5) is 29.8. The molecule has 0 saturated carbocycles. The van der Waals surface area contributed by atoms with Gasteiger partial charge >= 0.3 is 6.01 Å². The van der Waals surface area contributed by atoms with Gasteiger partial charge in [0.2, 0.25) is 5.91 Å². The molecule has 5 rings (SSSR count). The molecule has 3 aliphatic heterocycles. The molecule has 0 aliphatic carbocycles. The Morgan fingerprint density at radius 2 is 1.85 bits per heavy atom. The summed E-state index contributed by atoms with van der Waals surface area (Å²) in [6, 6.07) is 8.60. The van der Waals surface area contributed by atoms with Gasteiger partial charge in [-0.1, -0.05) is 18.7 Å². The maximum absolute atomic E-state index is 12.1. The average molecular weight is 552 g/mol. The second-order valence-electron chi connectivity index (χ2n) is 10.2. The minimum absolute atomic E-state index is 0.0129. The molecule has 2 aromatic rings. The third-order valence-electron chi connectivity index (χ3n) is 7.52. The topological polar surface area (TPSA) is 88.8 Å². The number of fused-ring (bicyclic) bond motifs is 1. The second kappa shape index (κ2) is 14.6. The fourth-order valence-corrected chi connectivity index (χ4v) is 5.17. The van der Waals surface area contributed by atoms with Crippen LogP contribution in [0.1, 0.15) is 35.7 Å². The van der Waals surface area contributed by atoms with Gasteiger partial charge in [-0.3, -0.25) is 4.79 Å². The number of methoxy groups -OCH3 is 1. The molecule has 2 saturated heterocycles. The van der Waals surface area contributed by atoms with Crippen LogP contribution >= 0.6 is 0 Å².